The zero-order valence-corrected chi connectivity index (χ0v) is 15.8. The molecule has 3 rings (SSSR count). The first-order valence-electron chi connectivity index (χ1n) is 8.46. The largest absolute Gasteiger partial charge is 0.486 e. The second-order valence-electron chi connectivity index (χ2n) is 5.88. The lowest BCUT2D eigenvalue weighted by Crippen LogP contribution is -2.39. The molecular weight excluding hydrogens is 390 g/mol. The lowest BCUT2D eigenvalue weighted by molar-refractivity contribution is -0.127. The molecule has 1 atom stereocenters. The number of thioether (sulfide) groups is 1. The minimum Gasteiger partial charge on any atom is -0.486 e. The molecule has 6 nitrogen and oxygen atoms in total. The summed E-state index contributed by atoms with van der Waals surface area (Å²) in [6.07, 6.45) is 0. The minimum atomic E-state index is -1.13. The van der Waals surface area contributed by atoms with Crippen LogP contribution in [0.15, 0.2) is 41.3 Å². The Labute approximate surface area is 164 Å². The number of nitrogens with one attached hydrogen (secondary N) is 2. The molecule has 2 N–H and O–H groups in total. The van der Waals surface area contributed by atoms with E-state index in [1.54, 1.807) is 18.2 Å². The van der Waals surface area contributed by atoms with Gasteiger partial charge in [0.2, 0.25) is 11.8 Å². The van der Waals surface area contributed by atoms with Crippen LogP contribution in [-0.4, -0.2) is 37.8 Å². The van der Waals surface area contributed by atoms with Crippen LogP contribution in [0.2, 0.25) is 0 Å². The normalized spacial score (nSPS) is 13.5. The molecule has 0 bridgehead atoms. The molecule has 1 heterocycles. The predicted molar refractivity (Wildman–Crippen MR) is 99.5 cm³/mol. The van der Waals surface area contributed by atoms with E-state index in [0.717, 1.165) is 17.0 Å². The number of rotatable bonds is 6. The van der Waals surface area contributed by atoms with Crippen molar-refractivity contribution in [2.45, 2.75) is 10.9 Å². The van der Waals surface area contributed by atoms with Crippen LogP contribution in [0, 0.1) is 11.6 Å². The highest BCUT2D eigenvalue weighted by Gasteiger charge is 2.23. The number of carbonyl (C=O) groups excluding carboxylic acids is 2. The molecule has 0 saturated heterocycles. The number of ether oxygens (including phenoxy) is 2. The van der Waals surface area contributed by atoms with Crippen LogP contribution in [0.25, 0.3) is 0 Å². The SMILES string of the molecule is CNC(=O)C(NC(=O)CSc1ccc2c(c1)OCCO2)c1ccc(F)c(F)c1. The topological polar surface area (TPSA) is 76.7 Å². The van der Waals surface area contributed by atoms with Crippen LogP contribution < -0.4 is 20.1 Å². The Bertz CT molecular complexity index is 894. The van der Waals surface area contributed by atoms with Crippen LogP contribution in [0.3, 0.4) is 0 Å². The Morgan fingerprint density at radius 1 is 1.07 bits per heavy atom. The summed E-state index contributed by atoms with van der Waals surface area (Å²) in [5.74, 6) is -1.80. The van der Waals surface area contributed by atoms with E-state index in [9.17, 15) is 18.4 Å². The first-order valence-corrected chi connectivity index (χ1v) is 9.45. The molecule has 0 spiro atoms. The fraction of sp³-hybridized carbons (Fsp3) is 0.263. The van der Waals surface area contributed by atoms with E-state index in [-0.39, 0.29) is 11.3 Å². The summed E-state index contributed by atoms with van der Waals surface area (Å²) >= 11 is 1.25. The van der Waals surface area contributed by atoms with E-state index in [4.69, 9.17) is 9.47 Å². The van der Waals surface area contributed by atoms with Crippen molar-refractivity contribution >= 4 is 23.6 Å². The van der Waals surface area contributed by atoms with Crippen molar-refractivity contribution in [3.8, 4) is 11.5 Å². The molecule has 9 heteroatoms. The summed E-state index contributed by atoms with van der Waals surface area (Å²) in [7, 11) is 1.39. The fourth-order valence-corrected chi connectivity index (χ4v) is 3.34. The number of carbonyl (C=O) groups is 2. The minimum absolute atomic E-state index is 0.0246. The number of hydrogen-bond donors (Lipinski definition) is 2. The summed E-state index contributed by atoms with van der Waals surface area (Å²) in [6.45, 7) is 0.955. The van der Waals surface area contributed by atoms with E-state index < -0.39 is 29.5 Å². The van der Waals surface area contributed by atoms with Crippen LogP contribution in [-0.2, 0) is 9.59 Å². The van der Waals surface area contributed by atoms with Crippen molar-refractivity contribution in [1.82, 2.24) is 10.6 Å². The zero-order valence-electron chi connectivity index (χ0n) is 15.0. The summed E-state index contributed by atoms with van der Waals surface area (Å²) in [5, 5.41) is 4.95. The highest BCUT2D eigenvalue weighted by molar-refractivity contribution is 8.00. The molecule has 1 unspecified atom stereocenters. The predicted octanol–water partition coefficient (Wildman–Crippen LogP) is 2.43. The number of benzene rings is 2. The second-order valence-corrected chi connectivity index (χ2v) is 6.93. The maximum Gasteiger partial charge on any atom is 0.246 e. The van der Waals surface area contributed by atoms with Crippen LogP contribution in [0.5, 0.6) is 11.5 Å². The van der Waals surface area contributed by atoms with Gasteiger partial charge in [-0.05, 0) is 35.9 Å². The Kier molecular flexibility index (Phi) is 6.35. The third-order valence-electron chi connectivity index (χ3n) is 3.97. The Hall–Kier alpha value is -2.81. The second kappa shape index (κ2) is 8.92. The smallest absolute Gasteiger partial charge is 0.246 e. The van der Waals surface area contributed by atoms with Crippen molar-refractivity contribution in [2.75, 3.05) is 26.0 Å². The van der Waals surface area contributed by atoms with Gasteiger partial charge in [-0.1, -0.05) is 6.07 Å². The highest BCUT2D eigenvalue weighted by Crippen LogP contribution is 2.34. The quantitative estimate of drug-likeness (QED) is 0.718. The molecule has 1 aliphatic rings. The molecular formula is C19H18F2N2O4S. The van der Waals surface area contributed by atoms with Crippen molar-refractivity contribution in [3.63, 3.8) is 0 Å². The number of hydrogen-bond acceptors (Lipinski definition) is 5. The number of likely N-dealkylation sites (N-methyl/N-ethyl adjacent to an activating group) is 1. The van der Waals surface area contributed by atoms with Gasteiger partial charge in [0, 0.05) is 11.9 Å². The van der Waals surface area contributed by atoms with Crippen LogP contribution >= 0.6 is 11.8 Å². The van der Waals surface area contributed by atoms with Gasteiger partial charge in [0.25, 0.3) is 0 Å². The van der Waals surface area contributed by atoms with Crippen molar-refractivity contribution in [3.05, 3.63) is 53.6 Å². The molecule has 2 amide bonds. The molecule has 148 valence electrons. The standard InChI is InChI=1S/C19H18F2N2O4S/c1-22-19(25)18(11-2-4-13(20)14(21)8-11)23-17(24)10-28-12-3-5-15-16(9-12)27-7-6-26-15/h2-5,8-9,18H,6-7,10H2,1H3,(H,22,25)(H,23,24). The first-order chi connectivity index (χ1) is 13.5. The van der Waals surface area contributed by atoms with E-state index in [2.05, 4.69) is 10.6 Å². The lowest BCUT2D eigenvalue weighted by atomic mass is 10.1. The summed E-state index contributed by atoms with van der Waals surface area (Å²) in [5.41, 5.74) is 0.149. The van der Waals surface area contributed by atoms with Gasteiger partial charge in [0.15, 0.2) is 23.1 Å². The molecule has 2 aromatic rings. The van der Waals surface area contributed by atoms with Crippen molar-refractivity contribution in [1.29, 1.82) is 0 Å². The van der Waals surface area contributed by atoms with Gasteiger partial charge in [0.1, 0.15) is 19.3 Å². The van der Waals surface area contributed by atoms with Gasteiger partial charge in [-0.3, -0.25) is 9.59 Å². The third kappa shape index (κ3) is 4.72. The van der Waals surface area contributed by atoms with Crippen molar-refractivity contribution in [2.24, 2.45) is 0 Å². The monoisotopic (exact) mass is 408 g/mol. The Balaban J connectivity index is 1.65. The van der Waals surface area contributed by atoms with Crippen molar-refractivity contribution < 1.29 is 27.8 Å². The molecule has 28 heavy (non-hydrogen) atoms. The molecule has 0 aliphatic carbocycles. The third-order valence-corrected chi connectivity index (χ3v) is 4.97. The van der Waals surface area contributed by atoms with Gasteiger partial charge in [-0.2, -0.15) is 0 Å². The molecule has 0 radical (unpaired) electrons. The number of halogens is 2. The summed E-state index contributed by atoms with van der Waals surface area (Å²) < 4.78 is 37.6. The van der Waals surface area contributed by atoms with E-state index in [0.29, 0.717) is 24.7 Å². The zero-order chi connectivity index (χ0) is 20.1. The van der Waals surface area contributed by atoms with Gasteiger partial charge in [-0.25, -0.2) is 8.78 Å². The molecule has 2 aromatic carbocycles. The van der Waals surface area contributed by atoms with Gasteiger partial charge >= 0.3 is 0 Å². The molecule has 0 aromatic heterocycles. The van der Waals surface area contributed by atoms with E-state index >= 15 is 0 Å². The number of fused-ring (bicyclic) bond motifs is 1. The Morgan fingerprint density at radius 3 is 2.54 bits per heavy atom. The number of amides is 2. The lowest BCUT2D eigenvalue weighted by Gasteiger charge is -2.19. The van der Waals surface area contributed by atoms with Crippen LogP contribution in [0.4, 0.5) is 8.78 Å². The summed E-state index contributed by atoms with van der Waals surface area (Å²) in [6, 6.07) is 7.28. The highest BCUT2D eigenvalue weighted by atomic mass is 32.2. The van der Waals surface area contributed by atoms with E-state index in [1.165, 1.54) is 24.9 Å². The average molecular weight is 408 g/mol. The molecule has 0 fully saturated rings. The maximum atomic E-state index is 13.5. The average Bonchev–Trinajstić information content (AvgIpc) is 2.72. The van der Waals surface area contributed by atoms with Gasteiger partial charge in [0.05, 0.1) is 5.75 Å². The molecule has 0 saturated carbocycles. The first kappa shape index (κ1) is 19.9. The Morgan fingerprint density at radius 2 is 1.82 bits per heavy atom. The van der Waals surface area contributed by atoms with Gasteiger partial charge in [-0.15, -0.1) is 11.8 Å². The summed E-state index contributed by atoms with van der Waals surface area (Å²) in [4.78, 5) is 25.2. The molecule has 1 aliphatic heterocycles. The van der Waals surface area contributed by atoms with Gasteiger partial charge < -0.3 is 20.1 Å². The maximum absolute atomic E-state index is 13.5. The fourth-order valence-electron chi connectivity index (χ4n) is 2.60. The van der Waals surface area contributed by atoms with E-state index in [1.807, 2.05) is 0 Å². The van der Waals surface area contributed by atoms with Crippen LogP contribution in [0.1, 0.15) is 11.6 Å².